The molecule has 0 aliphatic carbocycles. The minimum atomic E-state index is -0.498. The lowest BCUT2D eigenvalue weighted by Gasteiger charge is -2.18. The predicted octanol–water partition coefficient (Wildman–Crippen LogP) is 5.16. The van der Waals surface area contributed by atoms with Gasteiger partial charge in [-0.05, 0) is 62.9 Å². The average Bonchev–Trinajstić information content (AvgIpc) is 2.51. The first kappa shape index (κ1) is 18.6. The van der Waals surface area contributed by atoms with E-state index in [1.54, 1.807) is 18.2 Å². The molecule has 1 atom stereocenters. The molecule has 0 fully saturated rings. The van der Waals surface area contributed by atoms with E-state index in [9.17, 15) is 15.0 Å². The summed E-state index contributed by atoms with van der Waals surface area (Å²) in [5.74, 6) is -0.270. The topological polar surface area (TPSA) is 66.8 Å². The number of carbonyl (C=O) groups is 1. The van der Waals surface area contributed by atoms with Crippen molar-refractivity contribution in [1.82, 2.24) is 0 Å². The van der Waals surface area contributed by atoms with E-state index in [0.29, 0.717) is 17.4 Å². The second-order valence-corrected chi connectivity index (χ2v) is 6.61. The van der Waals surface area contributed by atoms with Crippen molar-refractivity contribution in [2.24, 2.45) is 0 Å². The molecule has 0 bridgehead atoms. The molecule has 2 aromatic carbocycles. The lowest BCUT2D eigenvalue weighted by molar-refractivity contribution is -0.143. The van der Waals surface area contributed by atoms with Crippen LogP contribution in [0.3, 0.4) is 0 Å². The molecule has 132 valence electrons. The zero-order valence-corrected chi connectivity index (χ0v) is 15.0. The number of allylic oxidation sites excluding steroid dienone is 2. The van der Waals surface area contributed by atoms with Gasteiger partial charge in [-0.25, -0.2) is 4.79 Å². The Labute approximate surface area is 148 Å². The van der Waals surface area contributed by atoms with Crippen molar-refractivity contribution in [3.63, 3.8) is 0 Å². The Bertz CT molecular complexity index is 838. The fourth-order valence-corrected chi connectivity index (χ4v) is 2.54. The van der Waals surface area contributed by atoms with Gasteiger partial charge in [-0.3, -0.25) is 0 Å². The van der Waals surface area contributed by atoms with E-state index in [1.807, 2.05) is 39.8 Å². The fraction of sp³-hybridized carbons (Fsp3) is 0.286. The molecule has 0 saturated carbocycles. The molecular weight excluding hydrogens is 316 g/mol. The first-order valence-electron chi connectivity index (χ1n) is 8.21. The highest BCUT2D eigenvalue weighted by Gasteiger charge is 2.17. The first-order valence-corrected chi connectivity index (χ1v) is 8.21. The van der Waals surface area contributed by atoms with Crippen LogP contribution in [0.1, 0.15) is 45.8 Å². The number of aromatic hydroxyl groups is 2. The monoisotopic (exact) mass is 340 g/mol. The number of phenolic OH excluding ortho intramolecular Hbond substituents is 2. The minimum Gasteiger partial charge on any atom is -0.508 e. The fourth-order valence-electron chi connectivity index (χ4n) is 2.54. The number of phenols is 2. The van der Waals surface area contributed by atoms with E-state index in [1.165, 1.54) is 12.1 Å². The highest BCUT2D eigenvalue weighted by atomic mass is 16.5. The van der Waals surface area contributed by atoms with Gasteiger partial charge < -0.3 is 14.9 Å². The van der Waals surface area contributed by atoms with Crippen LogP contribution in [-0.4, -0.2) is 16.2 Å². The maximum absolute atomic E-state index is 12.1. The molecule has 1 unspecified atom stereocenters. The summed E-state index contributed by atoms with van der Waals surface area (Å²) in [6.07, 6.45) is 3.47. The number of esters is 1. The van der Waals surface area contributed by atoms with Gasteiger partial charge in [-0.15, -0.1) is 0 Å². The van der Waals surface area contributed by atoms with Crippen LogP contribution in [-0.2, 0) is 9.53 Å². The van der Waals surface area contributed by atoms with Gasteiger partial charge in [0.15, 0.2) is 0 Å². The molecule has 2 rings (SSSR count). The number of fused-ring (bicyclic) bond motifs is 1. The normalized spacial score (nSPS) is 11.7. The molecule has 0 heterocycles. The van der Waals surface area contributed by atoms with Crippen LogP contribution in [0.5, 0.6) is 11.5 Å². The molecular formula is C21H24O4. The SMILES string of the molecule is CC(C)=CCC(OC(=O)C=C(C)C)c1cc(O)c2cc(O)ccc2c1. The maximum atomic E-state index is 12.1. The van der Waals surface area contributed by atoms with Crippen molar-refractivity contribution in [3.05, 3.63) is 59.2 Å². The molecule has 2 N–H and O–H groups in total. The van der Waals surface area contributed by atoms with Crippen molar-refractivity contribution in [2.45, 2.75) is 40.2 Å². The Kier molecular flexibility index (Phi) is 5.86. The molecule has 4 heteroatoms. The van der Waals surface area contributed by atoms with Gasteiger partial charge in [0.2, 0.25) is 0 Å². The highest BCUT2D eigenvalue weighted by Crippen LogP contribution is 2.34. The largest absolute Gasteiger partial charge is 0.508 e. The van der Waals surface area contributed by atoms with Crippen LogP contribution in [0, 0.1) is 0 Å². The van der Waals surface area contributed by atoms with Crippen molar-refractivity contribution in [3.8, 4) is 11.5 Å². The summed E-state index contributed by atoms with van der Waals surface area (Å²) in [4.78, 5) is 12.1. The average molecular weight is 340 g/mol. The molecule has 0 radical (unpaired) electrons. The summed E-state index contributed by atoms with van der Waals surface area (Å²) in [5.41, 5.74) is 2.70. The van der Waals surface area contributed by atoms with Crippen molar-refractivity contribution < 1.29 is 19.7 Å². The molecule has 0 spiro atoms. The summed E-state index contributed by atoms with van der Waals surface area (Å²) in [7, 11) is 0. The molecule has 25 heavy (non-hydrogen) atoms. The van der Waals surface area contributed by atoms with Crippen molar-refractivity contribution >= 4 is 16.7 Å². The van der Waals surface area contributed by atoms with Crippen molar-refractivity contribution in [2.75, 3.05) is 0 Å². The number of benzene rings is 2. The summed E-state index contributed by atoms with van der Waals surface area (Å²) < 4.78 is 5.61. The molecule has 0 aliphatic heterocycles. The number of carbonyl (C=O) groups excluding carboxylic acids is 1. The summed E-state index contributed by atoms with van der Waals surface area (Å²) in [6.45, 7) is 7.63. The Morgan fingerprint density at radius 1 is 1.08 bits per heavy atom. The first-order chi connectivity index (χ1) is 11.8. The third-order valence-electron chi connectivity index (χ3n) is 3.72. The van der Waals surface area contributed by atoms with Crippen LogP contribution in [0.25, 0.3) is 10.8 Å². The Balaban J connectivity index is 2.43. The summed E-state index contributed by atoms with van der Waals surface area (Å²) in [6, 6.07) is 8.25. The molecule has 4 nitrogen and oxygen atoms in total. The number of ether oxygens (including phenoxy) is 1. The van der Waals surface area contributed by atoms with Gasteiger partial charge in [-0.1, -0.05) is 23.3 Å². The lowest BCUT2D eigenvalue weighted by atomic mass is 9.99. The van der Waals surface area contributed by atoms with Gasteiger partial charge in [-0.2, -0.15) is 0 Å². The minimum absolute atomic E-state index is 0.0452. The quantitative estimate of drug-likeness (QED) is 0.448. The lowest BCUT2D eigenvalue weighted by Crippen LogP contribution is -2.09. The zero-order chi connectivity index (χ0) is 18.6. The number of rotatable bonds is 5. The van der Waals surface area contributed by atoms with Crippen LogP contribution >= 0.6 is 0 Å². The van der Waals surface area contributed by atoms with E-state index in [4.69, 9.17) is 4.74 Å². The van der Waals surface area contributed by atoms with Crippen molar-refractivity contribution in [1.29, 1.82) is 0 Å². The molecule has 0 aromatic heterocycles. The van der Waals surface area contributed by atoms with E-state index >= 15 is 0 Å². The van der Waals surface area contributed by atoms with Gasteiger partial charge in [0.1, 0.15) is 17.6 Å². The number of hydrogen-bond acceptors (Lipinski definition) is 4. The van der Waals surface area contributed by atoms with E-state index in [-0.39, 0.29) is 11.5 Å². The van der Waals surface area contributed by atoms with E-state index < -0.39 is 12.1 Å². The molecule has 0 saturated heterocycles. The molecule has 0 aliphatic rings. The van der Waals surface area contributed by atoms with Crippen LogP contribution in [0.15, 0.2) is 53.6 Å². The van der Waals surface area contributed by atoms with Gasteiger partial charge in [0.05, 0.1) is 0 Å². The highest BCUT2D eigenvalue weighted by molar-refractivity contribution is 5.90. The van der Waals surface area contributed by atoms with Gasteiger partial charge in [0, 0.05) is 17.9 Å². The molecule has 2 aromatic rings. The summed E-state index contributed by atoms with van der Waals surface area (Å²) in [5, 5.41) is 21.2. The van der Waals surface area contributed by atoms with Crippen LogP contribution < -0.4 is 0 Å². The maximum Gasteiger partial charge on any atom is 0.331 e. The zero-order valence-electron chi connectivity index (χ0n) is 15.0. The van der Waals surface area contributed by atoms with Crippen LogP contribution in [0.4, 0.5) is 0 Å². The Morgan fingerprint density at radius 3 is 2.44 bits per heavy atom. The van der Waals surface area contributed by atoms with E-state index in [2.05, 4.69) is 0 Å². The predicted molar refractivity (Wildman–Crippen MR) is 99.6 cm³/mol. The Hall–Kier alpha value is -2.75. The summed E-state index contributed by atoms with van der Waals surface area (Å²) >= 11 is 0. The standard InChI is InChI=1S/C21H24O4/c1-13(2)5-8-20(25-21(24)9-14(3)4)16-10-15-6-7-17(22)12-18(15)19(23)11-16/h5-7,9-12,20,22-23H,8H2,1-4H3. The van der Waals surface area contributed by atoms with Gasteiger partial charge in [0.25, 0.3) is 0 Å². The van der Waals surface area contributed by atoms with Crippen LogP contribution in [0.2, 0.25) is 0 Å². The molecule has 0 amide bonds. The van der Waals surface area contributed by atoms with E-state index in [0.717, 1.165) is 16.5 Å². The Morgan fingerprint density at radius 2 is 1.80 bits per heavy atom. The third-order valence-corrected chi connectivity index (χ3v) is 3.72. The third kappa shape index (κ3) is 5.11. The second kappa shape index (κ2) is 7.88. The smallest absolute Gasteiger partial charge is 0.331 e. The number of hydrogen-bond donors (Lipinski definition) is 2. The van der Waals surface area contributed by atoms with Gasteiger partial charge >= 0.3 is 5.97 Å². The second-order valence-electron chi connectivity index (χ2n) is 6.61.